The van der Waals surface area contributed by atoms with Gasteiger partial charge in [0.15, 0.2) is 0 Å². The third-order valence-corrected chi connectivity index (χ3v) is 2.01. The molecule has 1 aliphatic heterocycles. The predicted octanol–water partition coefficient (Wildman–Crippen LogP) is 2.05. The maximum atomic E-state index is 5.14. The highest BCUT2D eigenvalue weighted by Gasteiger charge is 2.03. The van der Waals surface area contributed by atoms with Crippen LogP contribution in [0.5, 0.6) is 5.75 Å². The fourth-order valence-electron chi connectivity index (χ4n) is 1.34. The third-order valence-electron chi connectivity index (χ3n) is 2.01. The molecule has 1 aromatic rings. The van der Waals surface area contributed by atoms with E-state index < -0.39 is 0 Å². The van der Waals surface area contributed by atoms with Crippen LogP contribution in [0.2, 0.25) is 0 Å². The average Bonchev–Trinajstić information content (AvgIpc) is 2.71. The van der Waals surface area contributed by atoms with Gasteiger partial charge in [0.1, 0.15) is 5.75 Å². The molecule has 0 aliphatic carbocycles. The number of hydrogen-bond donors (Lipinski definition) is 0. The Morgan fingerprint density at radius 3 is 3.00 bits per heavy atom. The zero-order valence-corrected chi connectivity index (χ0v) is 7.53. The number of allylic oxidation sites excluding steroid dienone is 1. The van der Waals surface area contributed by atoms with Crippen LogP contribution in [0, 0.1) is 0 Å². The number of methoxy groups -OCH3 is 1. The molecule has 0 N–H and O–H groups in total. The molecule has 0 radical (unpaired) electrons. The smallest absolute Gasteiger partial charge is 0.119 e. The maximum Gasteiger partial charge on any atom is 0.119 e. The SMILES string of the molecule is COc1cccc(C2=NCC=C2)c1. The number of nitrogens with zero attached hydrogens (tertiary/aromatic N) is 1. The van der Waals surface area contributed by atoms with Crippen LogP contribution < -0.4 is 4.74 Å². The fourth-order valence-corrected chi connectivity index (χ4v) is 1.34. The highest BCUT2D eigenvalue weighted by molar-refractivity contribution is 6.10. The Morgan fingerprint density at radius 1 is 1.38 bits per heavy atom. The van der Waals surface area contributed by atoms with Crippen LogP contribution in [0.25, 0.3) is 0 Å². The normalized spacial score (nSPS) is 14.4. The lowest BCUT2D eigenvalue weighted by atomic mass is 10.1. The topological polar surface area (TPSA) is 21.6 Å². The van der Waals surface area contributed by atoms with E-state index in [1.54, 1.807) is 7.11 Å². The van der Waals surface area contributed by atoms with Crippen molar-refractivity contribution in [2.45, 2.75) is 0 Å². The lowest BCUT2D eigenvalue weighted by Crippen LogP contribution is -1.94. The minimum Gasteiger partial charge on any atom is -0.497 e. The minimum absolute atomic E-state index is 0.798. The van der Waals surface area contributed by atoms with Crippen LogP contribution >= 0.6 is 0 Å². The highest BCUT2D eigenvalue weighted by atomic mass is 16.5. The molecule has 0 fully saturated rings. The van der Waals surface area contributed by atoms with Gasteiger partial charge in [0.2, 0.25) is 0 Å². The van der Waals surface area contributed by atoms with E-state index in [1.807, 2.05) is 30.3 Å². The van der Waals surface area contributed by atoms with E-state index in [9.17, 15) is 0 Å². The van der Waals surface area contributed by atoms with Gasteiger partial charge in [-0.15, -0.1) is 0 Å². The molecule has 0 aromatic heterocycles. The number of ether oxygens (including phenoxy) is 1. The van der Waals surface area contributed by atoms with E-state index in [-0.39, 0.29) is 0 Å². The summed E-state index contributed by atoms with van der Waals surface area (Å²) < 4.78 is 5.14. The van der Waals surface area contributed by atoms with Crippen LogP contribution in [0.3, 0.4) is 0 Å². The van der Waals surface area contributed by atoms with Gasteiger partial charge in [0.25, 0.3) is 0 Å². The van der Waals surface area contributed by atoms with E-state index in [1.165, 1.54) is 0 Å². The maximum absolute atomic E-state index is 5.14. The average molecular weight is 173 g/mol. The largest absolute Gasteiger partial charge is 0.497 e. The van der Waals surface area contributed by atoms with Crippen LogP contribution in [0.4, 0.5) is 0 Å². The van der Waals surface area contributed by atoms with Gasteiger partial charge in [-0.25, -0.2) is 0 Å². The van der Waals surface area contributed by atoms with Crippen molar-refractivity contribution >= 4 is 5.71 Å². The lowest BCUT2D eigenvalue weighted by molar-refractivity contribution is 0.414. The Balaban J connectivity index is 2.35. The van der Waals surface area contributed by atoms with Gasteiger partial charge in [0.05, 0.1) is 19.4 Å². The zero-order chi connectivity index (χ0) is 9.10. The third kappa shape index (κ3) is 1.61. The summed E-state index contributed by atoms with van der Waals surface area (Å²) in [5, 5.41) is 0. The molecule has 66 valence electrons. The van der Waals surface area contributed by atoms with Crippen molar-refractivity contribution in [1.29, 1.82) is 0 Å². The molecular formula is C11H11NO. The van der Waals surface area contributed by atoms with Gasteiger partial charge in [-0.3, -0.25) is 4.99 Å². The quantitative estimate of drug-likeness (QED) is 0.670. The van der Waals surface area contributed by atoms with E-state index in [0.29, 0.717) is 0 Å². The Bertz CT molecular complexity index is 366. The van der Waals surface area contributed by atoms with Crippen LogP contribution in [-0.2, 0) is 0 Å². The summed E-state index contributed by atoms with van der Waals surface area (Å²) in [6, 6.07) is 7.94. The lowest BCUT2D eigenvalue weighted by Gasteiger charge is -2.02. The summed E-state index contributed by atoms with van der Waals surface area (Å²) >= 11 is 0. The van der Waals surface area contributed by atoms with Crippen molar-refractivity contribution in [3.8, 4) is 5.75 Å². The van der Waals surface area contributed by atoms with Crippen LogP contribution in [-0.4, -0.2) is 19.4 Å². The first-order chi connectivity index (χ1) is 6.40. The molecule has 2 nitrogen and oxygen atoms in total. The summed E-state index contributed by atoms with van der Waals surface area (Å²) in [5.74, 6) is 0.875. The number of aliphatic imine (C=N–C) groups is 1. The second-order valence-corrected chi connectivity index (χ2v) is 2.86. The Hall–Kier alpha value is -1.57. The molecule has 0 spiro atoms. The van der Waals surface area contributed by atoms with Crippen molar-refractivity contribution in [1.82, 2.24) is 0 Å². The monoisotopic (exact) mass is 173 g/mol. The summed E-state index contributed by atoms with van der Waals surface area (Å²) in [5.41, 5.74) is 2.16. The first-order valence-electron chi connectivity index (χ1n) is 4.25. The zero-order valence-electron chi connectivity index (χ0n) is 7.53. The molecule has 0 saturated heterocycles. The van der Waals surface area contributed by atoms with Gasteiger partial charge in [-0.1, -0.05) is 18.2 Å². The van der Waals surface area contributed by atoms with Gasteiger partial charge in [-0.05, 0) is 18.2 Å². The molecule has 2 heteroatoms. The summed E-state index contributed by atoms with van der Waals surface area (Å²) in [4.78, 5) is 4.33. The van der Waals surface area contributed by atoms with Crippen molar-refractivity contribution < 1.29 is 4.74 Å². The van der Waals surface area contributed by atoms with Crippen molar-refractivity contribution in [2.24, 2.45) is 4.99 Å². The van der Waals surface area contributed by atoms with Gasteiger partial charge in [-0.2, -0.15) is 0 Å². The summed E-state index contributed by atoms with van der Waals surface area (Å²) in [7, 11) is 1.67. The van der Waals surface area contributed by atoms with E-state index in [0.717, 1.165) is 23.6 Å². The number of rotatable bonds is 2. The molecule has 0 saturated carbocycles. The molecule has 0 atom stereocenters. The van der Waals surface area contributed by atoms with Crippen LogP contribution in [0.1, 0.15) is 5.56 Å². The van der Waals surface area contributed by atoms with Gasteiger partial charge < -0.3 is 4.74 Å². The molecule has 1 aliphatic rings. The van der Waals surface area contributed by atoms with E-state index in [2.05, 4.69) is 11.1 Å². The van der Waals surface area contributed by atoms with Crippen molar-refractivity contribution in [3.63, 3.8) is 0 Å². The number of benzene rings is 1. The Morgan fingerprint density at radius 2 is 2.31 bits per heavy atom. The van der Waals surface area contributed by atoms with Crippen LogP contribution in [0.15, 0.2) is 41.4 Å². The second-order valence-electron chi connectivity index (χ2n) is 2.86. The molecule has 0 bridgehead atoms. The number of hydrogen-bond acceptors (Lipinski definition) is 2. The standard InChI is InChI=1S/C11H11NO/c1-13-10-5-2-4-9(8-10)11-6-3-7-12-11/h2-6,8H,7H2,1H3. The molecule has 1 heterocycles. The first-order valence-corrected chi connectivity index (χ1v) is 4.25. The fraction of sp³-hybridized carbons (Fsp3) is 0.182. The first kappa shape index (κ1) is 8.05. The van der Waals surface area contributed by atoms with Gasteiger partial charge >= 0.3 is 0 Å². The molecule has 13 heavy (non-hydrogen) atoms. The van der Waals surface area contributed by atoms with Gasteiger partial charge in [0, 0.05) is 5.56 Å². The Kier molecular flexibility index (Phi) is 2.13. The summed E-state index contributed by atoms with van der Waals surface area (Å²) in [6.45, 7) is 0.798. The van der Waals surface area contributed by atoms with E-state index >= 15 is 0 Å². The van der Waals surface area contributed by atoms with E-state index in [4.69, 9.17) is 4.74 Å². The summed E-state index contributed by atoms with van der Waals surface area (Å²) in [6.07, 6.45) is 4.09. The Labute approximate surface area is 77.6 Å². The predicted molar refractivity (Wildman–Crippen MR) is 53.5 cm³/mol. The van der Waals surface area contributed by atoms with Crippen molar-refractivity contribution in [3.05, 3.63) is 42.0 Å². The molecular weight excluding hydrogens is 162 g/mol. The molecule has 1 aromatic carbocycles. The van der Waals surface area contributed by atoms with Crippen molar-refractivity contribution in [2.75, 3.05) is 13.7 Å². The second kappa shape index (κ2) is 3.44. The molecule has 2 rings (SSSR count). The minimum atomic E-state index is 0.798. The molecule has 0 unspecified atom stereocenters. The highest BCUT2D eigenvalue weighted by Crippen LogP contribution is 2.15. The molecule has 0 amide bonds.